The van der Waals surface area contributed by atoms with Gasteiger partial charge in [-0.05, 0) is 65.0 Å². The lowest BCUT2D eigenvalue weighted by Gasteiger charge is -2.06. The predicted molar refractivity (Wildman–Crippen MR) is 98.0 cm³/mol. The molecule has 4 heteroatoms. The summed E-state index contributed by atoms with van der Waals surface area (Å²) >= 11 is 8.50. The Morgan fingerprint density at radius 3 is 2.62 bits per heavy atom. The van der Waals surface area contributed by atoms with Crippen LogP contribution in [-0.2, 0) is 13.1 Å². The van der Waals surface area contributed by atoms with Crippen LogP contribution in [0.3, 0.4) is 0 Å². The van der Waals surface area contributed by atoms with E-state index >= 15 is 0 Å². The zero-order valence-corrected chi connectivity index (χ0v) is 14.6. The smallest absolute Gasteiger partial charge is 0.0501 e. The second kappa shape index (κ2) is 6.38. The number of rotatable bonds is 4. The molecule has 108 valence electrons. The van der Waals surface area contributed by atoms with Crippen LogP contribution in [0.25, 0.3) is 10.9 Å². The summed E-state index contributed by atoms with van der Waals surface area (Å²) in [7, 11) is 1.97. The number of hydrogen-bond donors (Lipinski definition) is 1. The maximum Gasteiger partial charge on any atom is 0.0501 e. The topological polar surface area (TPSA) is 17.0 Å². The molecule has 0 atom stereocenters. The van der Waals surface area contributed by atoms with E-state index in [1.807, 2.05) is 19.2 Å². The fraction of sp³-hybridized carbons (Fsp3) is 0.176. The van der Waals surface area contributed by atoms with Gasteiger partial charge in [0, 0.05) is 33.3 Å². The van der Waals surface area contributed by atoms with Gasteiger partial charge in [0.05, 0.1) is 5.52 Å². The van der Waals surface area contributed by atoms with E-state index in [0.717, 1.165) is 18.1 Å². The highest BCUT2D eigenvalue weighted by molar-refractivity contribution is 14.1. The molecule has 0 fully saturated rings. The zero-order chi connectivity index (χ0) is 14.8. The van der Waals surface area contributed by atoms with Crippen LogP contribution in [0.15, 0.2) is 48.7 Å². The van der Waals surface area contributed by atoms with Gasteiger partial charge in [0.1, 0.15) is 0 Å². The first-order chi connectivity index (χ1) is 10.2. The average molecular weight is 411 g/mol. The molecule has 1 N–H and O–H groups in total. The van der Waals surface area contributed by atoms with E-state index in [2.05, 4.69) is 69.0 Å². The summed E-state index contributed by atoms with van der Waals surface area (Å²) < 4.78 is 3.53. The minimum atomic E-state index is 0.778. The zero-order valence-electron chi connectivity index (χ0n) is 11.7. The van der Waals surface area contributed by atoms with Crippen molar-refractivity contribution >= 4 is 45.1 Å². The van der Waals surface area contributed by atoms with Crippen molar-refractivity contribution < 1.29 is 0 Å². The first-order valence-corrected chi connectivity index (χ1v) is 8.29. The first kappa shape index (κ1) is 14.9. The molecular formula is C17H16ClIN2. The summed E-state index contributed by atoms with van der Waals surface area (Å²) in [4.78, 5) is 0. The van der Waals surface area contributed by atoms with Crippen LogP contribution in [0.1, 0.15) is 11.1 Å². The number of aromatic nitrogens is 1. The molecule has 0 aliphatic rings. The summed E-state index contributed by atoms with van der Waals surface area (Å²) in [5.74, 6) is 0. The molecule has 0 radical (unpaired) electrons. The molecule has 0 saturated carbocycles. The largest absolute Gasteiger partial charge is 0.343 e. The quantitative estimate of drug-likeness (QED) is 0.619. The molecule has 0 aliphatic heterocycles. The molecule has 1 aromatic heterocycles. The Bertz CT molecular complexity index is 762. The minimum Gasteiger partial charge on any atom is -0.343 e. The van der Waals surface area contributed by atoms with E-state index in [1.165, 1.54) is 25.6 Å². The van der Waals surface area contributed by atoms with Gasteiger partial charge in [0.25, 0.3) is 0 Å². The normalized spacial score (nSPS) is 11.2. The highest BCUT2D eigenvalue weighted by atomic mass is 127. The second-order valence-corrected chi connectivity index (χ2v) is 6.78. The second-order valence-electron chi connectivity index (χ2n) is 5.10. The third-order valence-corrected chi connectivity index (χ3v) is 4.51. The van der Waals surface area contributed by atoms with Crippen LogP contribution in [0.4, 0.5) is 0 Å². The van der Waals surface area contributed by atoms with Gasteiger partial charge in [-0.2, -0.15) is 0 Å². The van der Waals surface area contributed by atoms with E-state index in [-0.39, 0.29) is 0 Å². The van der Waals surface area contributed by atoms with Crippen molar-refractivity contribution in [2.75, 3.05) is 7.05 Å². The van der Waals surface area contributed by atoms with Gasteiger partial charge < -0.3 is 9.88 Å². The SMILES string of the molecule is CNCc1cn(Cc2ccc(I)cc2)c2cc(Cl)ccc12. The average Bonchev–Trinajstić information content (AvgIpc) is 2.79. The fourth-order valence-corrected chi connectivity index (χ4v) is 3.12. The van der Waals surface area contributed by atoms with Gasteiger partial charge in [0.15, 0.2) is 0 Å². The van der Waals surface area contributed by atoms with Crippen molar-refractivity contribution in [3.63, 3.8) is 0 Å². The van der Waals surface area contributed by atoms with Crippen LogP contribution >= 0.6 is 34.2 Å². The molecule has 2 nitrogen and oxygen atoms in total. The van der Waals surface area contributed by atoms with Gasteiger partial charge in [-0.15, -0.1) is 0 Å². The van der Waals surface area contributed by atoms with Crippen LogP contribution in [-0.4, -0.2) is 11.6 Å². The molecule has 2 aromatic carbocycles. The lowest BCUT2D eigenvalue weighted by atomic mass is 10.2. The molecule has 0 bridgehead atoms. The first-order valence-electron chi connectivity index (χ1n) is 6.83. The van der Waals surface area contributed by atoms with Crippen molar-refractivity contribution in [3.05, 3.63) is 68.4 Å². The molecule has 0 unspecified atom stereocenters. The van der Waals surface area contributed by atoms with Crippen LogP contribution in [0.2, 0.25) is 5.02 Å². The molecule has 0 saturated heterocycles. The van der Waals surface area contributed by atoms with Crippen molar-refractivity contribution in [1.29, 1.82) is 0 Å². The van der Waals surface area contributed by atoms with Crippen molar-refractivity contribution in [3.8, 4) is 0 Å². The Hall–Kier alpha value is -1.04. The lowest BCUT2D eigenvalue weighted by molar-refractivity contribution is 0.795. The number of benzene rings is 2. The molecule has 0 aliphatic carbocycles. The van der Waals surface area contributed by atoms with Crippen LogP contribution < -0.4 is 5.32 Å². The summed E-state index contributed by atoms with van der Waals surface area (Å²) in [6.07, 6.45) is 2.22. The Balaban J connectivity index is 2.04. The third-order valence-electron chi connectivity index (χ3n) is 3.56. The van der Waals surface area contributed by atoms with Gasteiger partial charge in [-0.3, -0.25) is 0 Å². The molecule has 21 heavy (non-hydrogen) atoms. The fourth-order valence-electron chi connectivity index (χ4n) is 2.59. The molecule has 3 rings (SSSR count). The Morgan fingerprint density at radius 2 is 1.90 bits per heavy atom. The van der Waals surface area contributed by atoms with Crippen LogP contribution in [0.5, 0.6) is 0 Å². The lowest BCUT2D eigenvalue weighted by Crippen LogP contribution is -2.04. The number of halogens is 2. The molecule has 0 amide bonds. The third kappa shape index (κ3) is 3.25. The number of fused-ring (bicyclic) bond motifs is 1. The summed E-state index contributed by atoms with van der Waals surface area (Å²) in [6, 6.07) is 14.7. The van der Waals surface area contributed by atoms with E-state index in [9.17, 15) is 0 Å². The molecule has 0 spiro atoms. The molecule has 1 heterocycles. The molecular weight excluding hydrogens is 395 g/mol. The maximum atomic E-state index is 6.17. The van der Waals surface area contributed by atoms with E-state index in [4.69, 9.17) is 11.6 Å². The van der Waals surface area contributed by atoms with Crippen molar-refractivity contribution in [1.82, 2.24) is 9.88 Å². The number of hydrogen-bond acceptors (Lipinski definition) is 1. The van der Waals surface area contributed by atoms with Gasteiger partial charge in [-0.25, -0.2) is 0 Å². The van der Waals surface area contributed by atoms with Crippen molar-refractivity contribution in [2.24, 2.45) is 0 Å². The van der Waals surface area contributed by atoms with E-state index in [0.29, 0.717) is 0 Å². The van der Waals surface area contributed by atoms with Gasteiger partial charge >= 0.3 is 0 Å². The highest BCUT2D eigenvalue weighted by Crippen LogP contribution is 2.25. The Labute approximate surface area is 143 Å². The summed E-state index contributed by atoms with van der Waals surface area (Å²) in [6.45, 7) is 1.72. The highest BCUT2D eigenvalue weighted by Gasteiger charge is 2.09. The maximum absolute atomic E-state index is 6.17. The molecule has 3 aromatic rings. The summed E-state index contributed by atoms with van der Waals surface area (Å²) in [5.41, 5.74) is 3.78. The number of nitrogens with one attached hydrogen (secondary N) is 1. The Kier molecular flexibility index (Phi) is 4.52. The minimum absolute atomic E-state index is 0.778. The van der Waals surface area contributed by atoms with Gasteiger partial charge in [0.2, 0.25) is 0 Å². The van der Waals surface area contributed by atoms with E-state index in [1.54, 1.807) is 0 Å². The van der Waals surface area contributed by atoms with E-state index < -0.39 is 0 Å². The Morgan fingerprint density at radius 1 is 1.14 bits per heavy atom. The number of nitrogens with zero attached hydrogens (tertiary/aromatic N) is 1. The standard InChI is InChI=1S/C17H16ClIN2/c1-20-9-13-11-21(10-12-2-5-15(19)6-3-12)17-8-14(18)4-7-16(13)17/h2-8,11,20H,9-10H2,1H3. The van der Waals surface area contributed by atoms with Crippen molar-refractivity contribution in [2.45, 2.75) is 13.1 Å². The monoisotopic (exact) mass is 410 g/mol. The summed E-state index contributed by atoms with van der Waals surface area (Å²) in [5, 5.41) is 5.27. The van der Waals surface area contributed by atoms with Gasteiger partial charge in [-0.1, -0.05) is 29.8 Å². The predicted octanol–water partition coefficient (Wildman–Crippen LogP) is 4.67. The van der Waals surface area contributed by atoms with Crippen LogP contribution in [0, 0.1) is 3.57 Å².